The topological polar surface area (TPSA) is 116 Å². The van der Waals surface area contributed by atoms with Gasteiger partial charge in [-0.25, -0.2) is 4.79 Å². The van der Waals surface area contributed by atoms with Crippen molar-refractivity contribution in [2.75, 3.05) is 6.61 Å². The van der Waals surface area contributed by atoms with Gasteiger partial charge in [-0.15, -0.1) is 0 Å². The summed E-state index contributed by atoms with van der Waals surface area (Å²) in [6, 6.07) is 0. The smallest absolute Gasteiger partial charge is 0.404 e. The molecule has 0 aromatic carbocycles. The number of rotatable bonds is 7. The van der Waals surface area contributed by atoms with Crippen molar-refractivity contribution < 1.29 is 19.2 Å². The summed E-state index contributed by atoms with van der Waals surface area (Å²) in [5.74, 6) is -1.18. The fourth-order valence-corrected chi connectivity index (χ4v) is 1.98. The molecule has 22 heavy (non-hydrogen) atoms. The monoisotopic (exact) mass is 374 g/mol. The summed E-state index contributed by atoms with van der Waals surface area (Å²) >= 11 is 3.02. The van der Waals surface area contributed by atoms with Crippen LogP contribution in [0.2, 0.25) is 0 Å². The summed E-state index contributed by atoms with van der Waals surface area (Å²) in [7, 11) is 0. The van der Waals surface area contributed by atoms with Crippen LogP contribution in [0.1, 0.15) is 20.3 Å². The summed E-state index contributed by atoms with van der Waals surface area (Å²) in [5, 5.41) is 16.9. The van der Waals surface area contributed by atoms with E-state index in [4.69, 9.17) is 4.74 Å². The van der Waals surface area contributed by atoms with Gasteiger partial charge in [0.15, 0.2) is 0 Å². The van der Waals surface area contributed by atoms with Gasteiger partial charge in [-0.3, -0.25) is 4.79 Å². The number of amides is 1. The zero-order valence-electron chi connectivity index (χ0n) is 12.0. The highest BCUT2D eigenvalue weighted by atomic mass is 79.9. The largest absolute Gasteiger partial charge is 0.463 e. The van der Waals surface area contributed by atoms with E-state index in [1.165, 1.54) is 17.0 Å². The molecule has 0 aliphatic carbocycles. The van der Waals surface area contributed by atoms with Crippen molar-refractivity contribution in [1.82, 2.24) is 15.1 Å². The van der Waals surface area contributed by atoms with Gasteiger partial charge in [-0.2, -0.15) is 4.68 Å². The van der Waals surface area contributed by atoms with Crippen LogP contribution in [0.4, 0.5) is 5.82 Å². The third-order valence-electron chi connectivity index (χ3n) is 2.40. The Hall–Kier alpha value is -2.23. The number of nitrogens with one attached hydrogen (secondary N) is 1. The van der Waals surface area contributed by atoms with Crippen molar-refractivity contribution in [2.45, 2.75) is 26.8 Å². The molecule has 0 bridgehead atoms. The Bertz CT molecular complexity index is 611. The molecule has 1 aromatic rings. The second kappa shape index (κ2) is 8.27. The molecule has 0 saturated heterocycles. The highest BCUT2D eigenvalue weighted by molar-refractivity contribution is 9.10. The first-order chi connectivity index (χ1) is 10.3. The highest BCUT2D eigenvalue weighted by Crippen LogP contribution is 2.21. The predicted molar refractivity (Wildman–Crippen MR) is 79.7 cm³/mol. The van der Waals surface area contributed by atoms with Crippen LogP contribution >= 0.6 is 15.9 Å². The van der Waals surface area contributed by atoms with E-state index in [2.05, 4.69) is 26.3 Å². The molecule has 0 saturated carbocycles. The van der Waals surface area contributed by atoms with E-state index in [0.29, 0.717) is 5.70 Å². The summed E-state index contributed by atoms with van der Waals surface area (Å²) in [6.45, 7) is 3.67. The third kappa shape index (κ3) is 5.64. The molecular formula is C12H15BrN4O5. The molecular weight excluding hydrogens is 360 g/mol. The molecule has 120 valence electrons. The normalized spacial score (nSPS) is 11.1. The van der Waals surface area contributed by atoms with Crippen LogP contribution < -0.4 is 5.32 Å². The number of hydrogen-bond donors (Lipinski definition) is 1. The van der Waals surface area contributed by atoms with Gasteiger partial charge in [-0.05, 0) is 34.7 Å². The quantitative estimate of drug-likeness (QED) is 0.334. The number of aryl methyl sites for hydroxylation is 1. The second-order valence-corrected chi connectivity index (χ2v) is 5.05. The molecule has 0 aliphatic rings. The Balaban J connectivity index is 2.51. The van der Waals surface area contributed by atoms with Gasteiger partial charge >= 0.3 is 11.8 Å². The van der Waals surface area contributed by atoms with Crippen LogP contribution in [0.3, 0.4) is 0 Å². The molecule has 1 N–H and O–H groups in total. The first kappa shape index (κ1) is 17.8. The van der Waals surface area contributed by atoms with Gasteiger partial charge in [0.25, 0.3) is 0 Å². The van der Waals surface area contributed by atoms with Crippen LogP contribution in [0.5, 0.6) is 0 Å². The number of nitrogens with zero attached hydrogens (tertiary/aromatic N) is 3. The molecule has 10 heteroatoms. The first-order valence-corrected chi connectivity index (χ1v) is 7.15. The van der Waals surface area contributed by atoms with Crippen LogP contribution in [0.25, 0.3) is 0 Å². The van der Waals surface area contributed by atoms with Crippen molar-refractivity contribution in [3.05, 3.63) is 32.6 Å². The molecule has 0 aliphatic heterocycles. The Kier molecular flexibility index (Phi) is 6.70. The Morgan fingerprint density at radius 2 is 2.27 bits per heavy atom. The summed E-state index contributed by atoms with van der Waals surface area (Å²) in [4.78, 5) is 32.9. The van der Waals surface area contributed by atoms with Crippen molar-refractivity contribution in [2.24, 2.45) is 0 Å². The molecule has 0 fully saturated rings. The standard InChI is InChI=1S/C12H15BrN4O5/c1-3-22-11(19)6-8(2)14-10(18)4-5-16-7-9(13)12(15-16)17(20)21/h6-7H,3-5H2,1-2H3,(H,14,18)/b8-6+. The van der Waals surface area contributed by atoms with Crippen molar-refractivity contribution in [3.8, 4) is 0 Å². The fourth-order valence-electron chi connectivity index (χ4n) is 1.52. The van der Waals surface area contributed by atoms with Crippen LogP contribution in [0, 0.1) is 10.1 Å². The maximum absolute atomic E-state index is 11.7. The number of carbonyl (C=O) groups excluding carboxylic acids is 2. The fraction of sp³-hybridized carbons (Fsp3) is 0.417. The minimum Gasteiger partial charge on any atom is -0.463 e. The van der Waals surface area contributed by atoms with E-state index >= 15 is 0 Å². The summed E-state index contributed by atoms with van der Waals surface area (Å²) in [5.41, 5.74) is 0.357. The predicted octanol–water partition coefficient (Wildman–Crippen LogP) is 1.53. The zero-order chi connectivity index (χ0) is 16.7. The van der Waals surface area contributed by atoms with E-state index in [9.17, 15) is 19.7 Å². The number of esters is 1. The number of aromatic nitrogens is 2. The van der Waals surface area contributed by atoms with Crippen molar-refractivity contribution in [3.63, 3.8) is 0 Å². The average molecular weight is 375 g/mol. The average Bonchev–Trinajstić information content (AvgIpc) is 2.77. The van der Waals surface area contributed by atoms with Gasteiger partial charge < -0.3 is 20.2 Å². The van der Waals surface area contributed by atoms with Crippen LogP contribution in [0.15, 0.2) is 22.4 Å². The van der Waals surface area contributed by atoms with Crippen molar-refractivity contribution in [1.29, 1.82) is 0 Å². The number of halogens is 1. The number of hydrogen-bond acceptors (Lipinski definition) is 6. The number of allylic oxidation sites excluding steroid dienone is 1. The van der Waals surface area contributed by atoms with Gasteiger partial charge in [0, 0.05) is 18.2 Å². The van der Waals surface area contributed by atoms with E-state index in [1.807, 2.05) is 0 Å². The number of nitro groups is 1. The number of ether oxygens (including phenoxy) is 1. The lowest BCUT2D eigenvalue weighted by molar-refractivity contribution is -0.390. The second-order valence-electron chi connectivity index (χ2n) is 4.20. The minimum atomic E-state index is -0.618. The maximum atomic E-state index is 11.7. The Morgan fingerprint density at radius 3 is 2.82 bits per heavy atom. The van der Waals surface area contributed by atoms with E-state index in [0.717, 1.165) is 0 Å². The molecule has 1 rings (SSSR count). The van der Waals surface area contributed by atoms with E-state index < -0.39 is 10.9 Å². The lowest BCUT2D eigenvalue weighted by Crippen LogP contribution is -2.23. The molecule has 0 spiro atoms. The van der Waals surface area contributed by atoms with Crippen molar-refractivity contribution >= 4 is 33.6 Å². The van der Waals surface area contributed by atoms with Gasteiger partial charge in [0.05, 0.1) is 24.4 Å². The summed E-state index contributed by atoms with van der Waals surface area (Å²) < 4.78 is 6.26. The Morgan fingerprint density at radius 1 is 1.59 bits per heavy atom. The van der Waals surface area contributed by atoms with E-state index in [-0.39, 0.29) is 35.8 Å². The Labute approximate surface area is 134 Å². The zero-order valence-corrected chi connectivity index (χ0v) is 13.6. The molecule has 1 aromatic heterocycles. The lowest BCUT2D eigenvalue weighted by atomic mass is 10.3. The number of carbonyl (C=O) groups is 2. The molecule has 0 atom stereocenters. The molecule has 1 amide bonds. The van der Waals surface area contributed by atoms with Crippen LogP contribution in [-0.2, 0) is 20.9 Å². The van der Waals surface area contributed by atoms with Gasteiger partial charge in [0.2, 0.25) is 5.91 Å². The van der Waals surface area contributed by atoms with Gasteiger partial charge in [-0.1, -0.05) is 0 Å². The molecule has 1 heterocycles. The SMILES string of the molecule is CCOC(=O)/C=C(\C)NC(=O)CCn1cc(Br)c([N+](=O)[O-])n1. The third-order valence-corrected chi connectivity index (χ3v) is 2.96. The molecule has 0 radical (unpaired) electrons. The lowest BCUT2D eigenvalue weighted by Gasteiger charge is -2.04. The van der Waals surface area contributed by atoms with E-state index in [1.54, 1.807) is 13.8 Å². The molecule has 9 nitrogen and oxygen atoms in total. The minimum absolute atomic E-state index is 0.0548. The highest BCUT2D eigenvalue weighted by Gasteiger charge is 2.18. The van der Waals surface area contributed by atoms with Crippen LogP contribution in [-0.4, -0.2) is 33.2 Å². The summed E-state index contributed by atoms with van der Waals surface area (Å²) in [6.07, 6.45) is 2.66. The van der Waals surface area contributed by atoms with Gasteiger partial charge in [0.1, 0.15) is 4.47 Å². The maximum Gasteiger partial charge on any atom is 0.404 e. The first-order valence-electron chi connectivity index (χ1n) is 6.35. The molecule has 0 unspecified atom stereocenters.